The van der Waals surface area contributed by atoms with E-state index in [1.807, 2.05) is 126 Å². The standard InChI is InChI=1S/C22H12N3.C17H14N3.C16H12N3.C16H12N2.C14H7FN3.5Ir/c1-23-16-7-4-6-15(14-16)17-9-5-10-19-21(17)18-8-2-3-11-20(18)25-13-12-24-22(19)25;1-19(2)12-7-8-16-15(11-12)13-5-3-4-6-14(13)17-18-9-10-20(16)17;1-10-7-8-11(2)15-14(10)12-5-3-4-6-13(12)16-18-17-9-19(15)16;1-17-10-16-14-8-3-2-6-12(14)13-7-4-5-9-15(13)18(16)11-17;15-9-5-6-11-12(7-9)10-3-1-2-4-13(10)18-8-16-17-14(11)18;;;;;/h2-9,11-14H;3-5,7-11H,1-2H3;3-5,7-9H,1-2H3;2-8,10-11H,1H3;1-5,7-8H;;;;;/q3*-1;-2;-1;;;;;. The van der Waals surface area contributed by atoms with E-state index in [9.17, 15) is 4.39 Å². The van der Waals surface area contributed by atoms with Crippen LogP contribution < -0.4 is 9.80 Å². The fourth-order valence-electron chi connectivity index (χ4n) is 14.2. The van der Waals surface area contributed by atoms with E-state index in [2.05, 4.69) is 238 Å². The van der Waals surface area contributed by atoms with Gasteiger partial charge in [0.2, 0.25) is 0 Å². The summed E-state index contributed by atoms with van der Waals surface area (Å²) in [5.41, 5.74) is 20.5. The van der Waals surface area contributed by atoms with Crippen molar-refractivity contribution in [3.63, 3.8) is 0 Å². The van der Waals surface area contributed by atoms with Crippen LogP contribution in [0.5, 0.6) is 0 Å². The van der Waals surface area contributed by atoms with Crippen molar-refractivity contribution < 1.29 is 105 Å². The largest absolute Gasteiger partial charge is 0.510 e. The molecule has 0 saturated heterocycles. The number of hydrogen-bond donors (Lipinski definition) is 0. The van der Waals surface area contributed by atoms with Crippen molar-refractivity contribution in [1.82, 2.24) is 52.9 Å². The molecule has 105 heavy (non-hydrogen) atoms. The first-order valence-corrected chi connectivity index (χ1v) is 32.5. The molecule has 8 aromatic heterocycles. The minimum atomic E-state index is -0.295. The van der Waals surface area contributed by atoms with Crippen LogP contribution in [0.3, 0.4) is 0 Å². The number of halogens is 1. The summed E-state index contributed by atoms with van der Waals surface area (Å²) in [6.07, 6.45) is 13.3. The Morgan fingerprint density at radius 1 is 0.476 bits per heavy atom. The fraction of sp³-hybridized carbons (Fsp3) is 0.0588. The molecule has 14 nitrogen and oxygen atoms in total. The van der Waals surface area contributed by atoms with Gasteiger partial charge in [-0.05, 0) is 95.7 Å². The molecule has 0 saturated carbocycles. The van der Waals surface area contributed by atoms with E-state index in [1.165, 1.54) is 83.9 Å². The average Bonchev–Trinajstić information content (AvgIpc) is 1.65. The van der Waals surface area contributed by atoms with Crippen LogP contribution in [0.15, 0.2) is 250 Å². The number of anilines is 2. The number of rotatable bonds is 2. The molecule has 21 rings (SSSR count). The van der Waals surface area contributed by atoms with Gasteiger partial charge in [-0.15, -0.1) is 106 Å². The number of hydrogen-bond acceptors (Lipinski definition) is 9. The number of fused-ring (bicyclic) bond motifs is 30. The predicted molar refractivity (Wildman–Crippen MR) is 400 cm³/mol. The fourth-order valence-corrected chi connectivity index (χ4v) is 14.2. The average molecular weight is 2250 g/mol. The number of aromatic nitrogens is 10. The molecule has 2 aliphatic rings. The third-order valence-corrected chi connectivity index (χ3v) is 18.7. The summed E-state index contributed by atoms with van der Waals surface area (Å²) < 4.78 is 21.6. The summed E-state index contributed by atoms with van der Waals surface area (Å²) in [5, 5.41) is 29.1. The van der Waals surface area contributed by atoms with E-state index >= 15 is 0 Å². The smallest absolute Gasteiger partial charge is 0.187 e. The zero-order valence-corrected chi connectivity index (χ0v) is 68.5. The Kier molecular flexibility index (Phi) is 22.3. The van der Waals surface area contributed by atoms with Crippen LogP contribution in [0.25, 0.3) is 142 Å². The normalized spacial score (nSPS) is 11.7. The maximum absolute atomic E-state index is 13.4. The zero-order valence-electron chi connectivity index (χ0n) is 56.6. The van der Waals surface area contributed by atoms with E-state index in [0.717, 1.165) is 87.9 Å². The molecule has 0 bridgehead atoms. The molecule has 0 aliphatic carbocycles. The van der Waals surface area contributed by atoms with E-state index < -0.39 is 0 Å². The summed E-state index contributed by atoms with van der Waals surface area (Å²) in [5.74, 6) is -0.295. The molecule has 0 spiro atoms. The molecule has 10 heterocycles. The van der Waals surface area contributed by atoms with Crippen LogP contribution in [0.2, 0.25) is 0 Å². The van der Waals surface area contributed by atoms with Crippen molar-refractivity contribution in [2.75, 3.05) is 30.9 Å². The van der Waals surface area contributed by atoms with E-state index in [0.29, 0.717) is 11.3 Å². The molecular formula is C85H57FIr5N14-6. The Balaban J connectivity index is 0.000000122. The summed E-state index contributed by atoms with van der Waals surface area (Å²) in [4.78, 5) is 19.0. The zero-order chi connectivity index (χ0) is 67.7. The van der Waals surface area contributed by atoms with E-state index in [1.54, 1.807) is 12.7 Å². The number of imidazole rings is 2. The van der Waals surface area contributed by atoms with Crippen molar-refractivity contribution in [3.05, 3.63) is 321 Å². The van der Waals surface area contributed by atoms with Crippen molar-refractivity contribution >= 4 is 132 Å². The molecule has 20 heteroatoms. The Morgan fingerprint density at radius 3 is 1.81 bits per heavy atom. The molecule has 0 unspecified atom stereocenters. The Morgan fingerprint density at radius 2 is 1.07 bits per heavy atom. The van der Waals surface area contributed by atoms with Gasteiger partial charge in [-0.1, -0.05) is 157 Å². The maximum atomic E-state index is 13.4. The Bertz CT molecular complexity index is 6580. The number of benzene rings is 11. The first-order chi connectivity index (χ1) is 49.1. The van der Waals surface area contributed by atoms with E-state index in [-0.39, 0.29) is 106 Å². The minimum Gasteiger partial charge on any atom is -0.510 e. The van der Waals surface area contributed by atoms with Crippen molar-refractivity contribution in [2.45, 2.75) is 13.8 Å². The van der Waals surface area contributed by atoms with Crippen molar-refractivity contribution in [1.29, 1.82) is 0 Å². The Labute approximate surface area is 671 Å². The second kappa shape index (κ2) is 31.3. The first-order valence-electron chi connectivity index (χ1n) is 32.5. The Hall–Kier alpha value is -10.1. The third kappa shape index (κ3) is 13.2. The molecule has 2 aliphatic heterocycles. The van der Waals surface area contributed by atoms with Gasteiger partial charge >= 0.3 is 0 Å². The minimum absolute atomic E-state index is 0. The molecule has 0 fully saturated rings. The van der Waals surface area contributed by atoms with E-state index in [4.69, 9.17) is 6.57 Å². The van der Waals surface area contributed by atoms with Crippen molar-refractivity contribution in [2.24, 2.45) is 0 Å². The number of pyridine rings is 4. The summed E-state index contributed by atoms with van der Waals surface area (Å²) in [6, 6.07) is 84.8. The second-order valence-electron chi connectivity index (χ2n) is 24.8. The SMILES string of the molecule is CN(C)c1ccc2c(c1)c1ccc[c-]c1c1nccn21.CN1C=C2c3ccccc3-c3ccc[c-]c3N2[CH-]1.Cc1ccc(C)c2c1c1ccc[c-]c1c1nncn12.Fc1c[c-]c2c(c1)c1ccccc1n1cnnc21.[C-]#[N+]c1cccc(-c2cc[c-]c3c2c2ccccc2n2ccnc32)c1.[Ir].[Ir].[Ir].[Ir].[Ir]. The van der Waals surface area contributed by atoms with Gasteiger partial charge in [-0.25, -0.2) is 4.85 Å². The first kappa shape index (κ1) is 74.6. The van der Waals surface area contributed by atoms with Crippen LogP contribution in [0.1, 0.15) is 16.7 Å². The van der Waals surface area contributed by atoms with Gasteiger partial charge in [0.15, 0.2) is 5.69 Å². The van der Waals surface area contributed by atoms with Gasteiger partial charge in [0.05, 0.1) is 29.2 Å². The number of para-hydroxylation sites is 3. The van der Waals surface area contributed by atoms with Crippen LogP contribution in [0, 0.1) is 63.2 Å². The van der Waals surface area contributed by atoms with Gasteiger partial charge in [-0.2, -0.15) is 41.1 Å². The molecule has 0 amide bonds. The molecule has 0 N–H and O–H groups in total. The predicted octanol–water partition coefficient (Wildman–Crippen LogP) is 18.9. The summed E-state index contributed by atoms with van der Waals surface area (Å²) >= 11 is 0. The van der Waals surface area contributed by atoms with Gasteiger partial charge in [0.25, 0.3) is 0 Å². The topological polar surface area (TPSA) is 109 Å². The van der Waals surface area contributed by atoms with Crippen LogP contribution in [-0.4, -0.2) is 74.0 Å². The molecule has 19 aromatic rings. The quantitative estimate of drug-likeness (QED) is 0.123. The summed E-state index contributed by atoms with van der Waals surface area (Å²) in [6.45, 7) is 13.7. The van der Waals surface area contributed by atoms with Gasteiger partial charge in [0.1, 0.15) is 12.7 Å². The monoisotopic (exact) mass is 2260 g/mol. The molecular weight excluding hydrogens is 2200 g/mol. The van der Waals surface area contributed by atoms with Gasteiger partial charge in [-0.3, -0.25) is 14.4 Å². The second-order valence-corrected chi connectivity index (χ2v) is 24.8. The summed E-state index contributed by atoms with van der Waals surface area (Å²) in [7, 11) is 6.17. The molecule has 525 valence electrons. The van der Waals surface area contributed by atoms with Crippen LogP contribution >= 0.6 is 0 Å². The molecule has 0 atom stereocenters. The van der Waals surface area contributed by atoms with Crippen LogP contribution in [-0.2, 0) is 101 Å². The van der Waals surface area contributed by atoms with Crippen LogP contribution in [0.4, 0.5) is 21.5 Å². The third-order valence-electron chi connectivity index (χ3n) is 18.7. The van der Waals surface area contributed by atoms with Gasteiger partial charge < -0.3 is 32.3 Å². The van der Waals surface area contributed by atoms with Crippen molar-refractivity contribution in [3.8, 4) is 22.3 Å². The maximum Gasteiger partial charge on any atom is 0.187 e. The van der Waals surface area contributed by atoms with Gasteiger partial charge in [0, 0.05) is 179 Å². The molecule has 11 aromatic carbocycles. The number of aryl methyl sites for hydroxylation is 2. The molecule has 5 radical (unpaired) electrons. The number of nitrogens with zero attached hydrogens (tertiary/aromatic N) is 14.